The molecule has 0 heterocycles. The van der Waals surface area contributed by atoms with Crippen LogP contribution < -0.4 is 4.74 Å². The number of rotatable bonds is 5. The SMILES string of the molecule is COc1cc(C=CC(=O)c2ccc(C)c([N+](=O)[O-])c2)cc(Br)c1O. The Kier molecular flexibility index (Phi) is 5.35. The zero-order valence-corrected chi connectivity index (χ0v) is 14.5. The van der Waals surface area contributed by atoms with E-state index in [1.165, 1.54) is 19.3 Å². The van der Waals surface area contributed by atoms with Gasteiger partial charge < -0.3 is 9.84 Å². The van der Waals surface area contributed by atoms with Gasteiger partial charge in [-0.05, 0) is 46.6 Å². The van der Waals surface area contributed by atoms with E-state index in [4.69, 9.17) is 4.74 Å². The van der Waals surface area contributed by atoms with Crippen LogP contribution in [0.4, 0.5) is 5.69 Å². The van der Waals surface area contributed by atoms with Gasteiger partial charge in [-0.2, -0.15) is 0 Å². The molecule has 0 radical (unpaired) electrons. The largest absolute Gasteiger partial charge is 0.503 e. The number of nitrogens with zero attached hydrogens (tertiary/aromatic N) is 1. The predicted octanol–water partition coefficient (Wildman–Crippen LogP) is 4.28. The van der Waals surface area contributed by atoms with Crippen molar-refractivity contribution in [2.45, 2.75) is 6.92 Å². The lowest BCUT2D eigenvalue weighted by Gasteiger charge is -2.06. The van der Waals surface area contributed by atoms with E-state index in [1.807, 2.05) is 0 Å². The zero-order chi connectivity index (χ0) is 17.9. The number of nitro groups is 1. The lowest BCUT2D eigenvalue weighted by molar-refractivity contribution is -0.385. The van der Waals surface area contributed by atoms with Gasteiger partial charge in [0.25, 0.3) is 5.69 Å². The number of ketones is 1. The summed E-state index contributed by atoms with van der Waals surface area (Å²) in [5.41, 5.74) is 1.26. The lowest BCUT2D eigenvalue weighted by Crippen LogP contribution is -1.98. The Morgan fingerprint density at radius 1 is 1.33 bits per heavy atom. The summed E-state index contributed by atoms with van der Waals surface area (Å²) in [6.45, 7) is 1.61. The maximum Gasteiger partial charge on any atom is 0.273 e. The summed E-state index contributed by atoms with van der Waals surface area (Å²) >= 11 is 3.20. The van der Waals surface area contributed by atoms with Crippen molar-refractivity contribution in [1.29, 1.82) is 0 Å². The van der Waals surface area contributed by atoms with Crippen molar-refractivity contribution in [3.8, 4) is 11.5 Å². The van der Waals surface area contributed by atoms with E-state index in [2.05, 4.69) is 15.9 Å². The van der Waals surface area contributed by atoms with Crippen LogP contribution in [0.25, 0.3) is 6.08 Å². The maximum absolute atomic E-state index is 12.2. The monoisotopic (exact) mass is 391 g/mol. The number of ether oxygens (including phenoxy) is 1. The van der Waals surface area contributed by atoms with Gasteiger partial charge in [0.2, 0.25) is 0 Å². The molecule has 6 nitrogen and oxygen atoms in total. The highest BCUT2D eigenvalue weighted by Gasteiger charge is 2.14. The van der Waals surface area contributed by atoms with Gasteiger partial charge in [0.1, 0.15) is 0 Å². The standard InChI is InChI=1S/C17H14BrNO5/c1-10-3-5-12(9-14(10)19(22)23)15(20)6-4-11-7-13(18)17(21)16(8-11)24-2/h3-9,21H,1-2H3. The number of halogens is 1. The molecule has 0 atom stereocenters. The normalized spacial score (nSPS) is 10.8. The van der Waals surface area contributed by atoms with Gasteiger partial charge in [-0.3, -0.25) is 14.9 Å². The Balaban J connectivity index is 2.30. The summed E-state index contributed by atoms with van der Waals surface area (Å²) in [5, 5.41) is 20.7. The third-order valence-corrected chi connectivity index (χ3v) is 3.99. The van der Waals surface area contributed by atoms with Crippen LogP contribution in [0.5, 0.6) is 11.5 Å². The number of phenolic OH excluding ortho intramolecular Hbond substituents is 1. The Morgan fingerprint density at radius 2 is 2.04 bits per heavy atom. The lowest BCUT2D eigenvalue weighted by atomic mass is 10.1. The first-order chi connectivity index (χ1) is 11.3. The molecule has 0 spiro atoms. The minimum atomic E-state index is -0.516. The third kappa shape index (κ3) is 3.80. The minimum absolute atomic E-state index is 0.0323. The maximum atomic E-state index is 12.2. The van der Waals surface area contributed by atoms with Crippen molar-refractivity contribution >= 4 is 33.5 Å². The molecule has 2 aromatic carbocycles. The van der Waals surface area contributed by atoms with Crippen molar-refractivity contribution in [1.82, 2.24) is 0 Å². The molecule has 1 N–H and O–H groups in total. The zero-order valence-electron chi connectivity index (χ0n) is 12.9. The van der Waals surface area contributed by atoms with E-state index in [9.17, 15) is 20.0 Å². The van der Waals surface area contributed by atoms with Gasteiger partial charge in [0.05, 0.1) is 16.5 Å². The van der Waals surface area contributed by atoms with Gasteiger partial charge in [-0.1, -0.05) is 18.2 Å². The number of allylic oxidation sites excluding steroid dienone is 1. The molecule has 24 heavy (non-hydrogen) atoms. The molecule has 124 valence electrons. The summed E-state index contributed by atoms with van der Waals surface area (Å²) in [4.78, 5) is 22.6. The molecule has 0 bridgehead atoms. The molecule has 2 aromatic rings. The quantitative estimate of drug-likeness (QED) is 0.355. The van der Waals surface area contributed by atoms with Crippen LogP contribution in [-0.2, 0) is 0 Å². The van der Waals surface area contributed by atoms with E-state index in [-0.39, 0.29) is 28.5 Å². The van der Waals surface area contributed by atoms with Crippen molar-refractivity contribution in [3.05, 3.63) is 67.7 Å². The Hall–Kier alpha value is -2.67. The fourth-order valence-electron chi connectivity index (χ4n) is 2.07. The first kappa shape index (κ1) is 17.7. The predicted molar refractivity (Wildman–Crippen MR) is 93.6 cm³/mol. The highest BCUT2D eigenvalue weighted by molar-refractivity contribution is 9.10. The number of aromatic hydroxyl groups is 1. The number of hydrogen-bond acceptors (Lipinski definition) is 5. The van der Waals surface area contributed by atoms with Gasteiger partial charge in [-0.25, -0.2) is 0 Å². The summed E-state index contributed by atoms with van der Waals surface area (Å²) in [5.74, 6) is -0.126. The van der Waals surface area contributed by atoms with E-state index < -0.39 is 4.92 Å². The molecule has 0 aliphatic heterocycles. The molecule has 0 saturated carbocycles. The molecule has 0 unspecified atom stereocenters. The van der Waals surface area contributed by atoms with Gasteiger partial charge >= 0.3 is 0 Å². The van der Waals surface area contributed by atoms with Gasteiger partial charge in [0, 0.05) is 17.2 Å². The Labute approximate surface area is 146 Å². The van der Waals surface area contributed by atoms with Crippen LogP contribution in [-0.4, -0.2) is 22.9 Å². The van der Waals surface area contributed by atoms with Crippen molar-refractivity contribution < 1.29 is 19.6 Å². The smallest absolute Gasteiger partial charge is 0.273 e. The second-order valence-corrected chi connectivity index (χ2v) is 5.86. The number of hydrogen-bond donors (Lipinski definition) is 1. The summed E-state index contributed by atoms with van der Waals surface area (Å²) in [6, 6.07) is 7.54. The summed E-state index contributed by atoms with van der Waals surface area (Å²) in [6.07, 6.45) is 2.85. The van der Waals surface area contributed by atoms with E-state index >= 15 is 0 Å². The van der Waals surface area contributed by atoms with Crippen LogP contribution in [0.1, 0.15) is 21.5 Å². The highest BCUT2D eigenvalue weighted by Crippen LogP contribution is 2.35. The van der Waals surface area contributed by atoms with Crippen molar-refractivity contribution in [3.63, 3.8) is 0 Å². The van der Waals surface area contributed by atoms with Crippen LogP contribution >= 0.6 is 15.9 Å². The fraction of sp³-hybridized carbons (Fsp3) is 0.118. The minimum Gasteiger partial charge on any atom is -0.503 e. The Morgan fingerprint density at radius 3 is 2.67 bits per heavy atom. The molecular weight excluding hydrogens is 378 g/mol. The second kappa shape index (κ2) is 7.27. The van der Waals surface area contributed by atoms with E-state index in [1.54, 1.807) is 37.3 Å². The first-order valence-corrected chi connectivity index (χ1v) is 7.66. The number of benzene rings is 2. The summed E-state index contributed by atoms with van der Waals surface area (Å²) in [7, 11) is 1.42. The number of carbonyl (C=O) groups is 1. The number of aryl methyl sites for hydroxylation is 1. The number of carbonyl (C=O) groups excluding carboxylic acids is 1. The van der Waals surface area contributed by atoms with Crippen molar-refractivity contribution in [2.24, 2.45) is 0 Å². The molecular formula is C17H14BrNO5. The fourth-order valence-corrected chi connectivity index (χ4v) is 2.53. The van der Waals surface area contributed by atoms with Crippen LogP contribution in [0.2, 0.25) is 0 Å². The van der Waals surface area contributed by atoms with Crippen LogP contribution in [0.3, 0.4) is 0 Å². The van der Waals surface area contributed by atoms with Crippen LogP contribution in [0, 0.1) is 17.0 Å². The van der Waals surface area contributed by atoms with Crippen LogP contribution in [0.15, 0.2) is 40.9 Å². The Bertz CT molecular complexity index is 845. The average Bonchev–Trinajstić information content (AvgIpc) is 2.55. The third-order valence-electron chi connectivity index (χ3n) is 3.39. The first-order valence-electron chi connectivity index (χ1n) is 6.87. The topological polar surface area (TPSA) is 89.7 Å². The highest BCUT2D eigenvalue weighted by atomic mass is 79.9. The second-order valence-electron chi connectivity index (χ2n) is 5.01. The van der Waals surface area contributed by atoms with Gasteiger partial charge in [-0.15, -0.1) is 0 Å². The molecule has 7 heteroatoms. The van der Waals surface area contributed by atoms with Gasteiger partial charge in [0.15, 0.2) is 17.3 Å². The molecule has 0 aromatic heterocycles. The molecule has 0 saturated heterocycles. The van der Waals surface area contributed by atoms with Crippen molar-refractivity contribution in [2.75, 3.05) is 7.11 Å². The number of nitro benzene ring substituents is 1. The molecule has 0 fully saturated rings. The molecule has 0 amide bonds. The molecule has 0 aliphatic carbocycles. The summed E-state index contributed by atoms with van der Waals surface area (Å²) < 4.78 is 5.47. The molecule has 2 rings (SSSR count). The van der Waals surface area contributed by atoms with E-state index in [0.29, 0.717) is 15.6 Å². The number of methoxy groups -OCH3 is 1. The average molecular weight is 392 g/mol. The number of phenols is 1. The molecule has 0 aliphatic rings. The van der Waals surface area contributed by atoms with E-state index in [0.717, 1.165) is 0 Å².